The lowest BCUT2D eigenvalue weighted by atomic mass is 10.1. The van der Waals surface area contributed by atoms with E-state index in [9.17, 15) is 17.6 Å². The number of hydrogen-bond acceptors (Lipinski definition) is 3. The largest absolute Gasteiger partial charge is 0.322 e. The molecule has 1 heterocycles. The second-order valence-electron chi connectivity index (χ2n) is 5.18. The first-order valence-electron chi connectivity index (χ1n) is 6.85. The quantitative estimate of drug-likeness (QED) is 0.893. The smallest absolute Gasteiger partial charge is 0.299 e. The summed E-state index contributed by atoms with van der Waals surface area (Å²) >= 11 is 0. The van der Waals surface area contributed by atoms with Gasteiger partial charge in [0.15, 0.2) is 0 Å². The number of carbonyl (C=O) groups is 1. The van der Waals surface area contributed by atoms with Gasteiger partial charge in [0.1, 0.15) is 5.82 Å². The number of hydrogen-bond donors (Lipinski definition) is 2. The molecule has 0 aromatic heterocycles. The lowest BCUT2D eigenvalue weighted by Crippen LogP contribution is -2.35. The Morgan fingerprint density at radius 1 is 1.22 bits per heavy atom. The van der Waals surface area contributed by atoms with Crippen LogP contribution in [0.4, 0.5) is 15.8 Å². The van der Waals surface area contributed by atoms with Gasteiger partial charge in [-0.25, -0.2) is 9.53 Å². The minimum absolute atomic E-state index is 0.175. The number of amides is 1. The summed E-state index contributed by atoms with van der Waals surface area (Å²) in [6.45, 7) is 0.273. The van der Waals surface area contributed by atoms with Crippen LogP contribution in [0.5, 0.6) is 0 Å². The third-order valence-corrected chi connectivity index (χ3v) is 4.58. The van der Waals surface area contributed by atoms with E-state index in [1.54, 1.807) is 18.2 Å². The molecule has 1 aliphatic rings. The Morgan fingerprint density at radius 3 is 2.70 bits per heavy atom. The van der Waals surface area contributed by atoms with Crippen molar-refractivity contribution < 1.29 is 17.6 Å². The fraction of sp³-hybridized carbons (Fsp3) is 0.133. The van der Waals surface area contributed by atoms with E-state index >= 15 is 0 Å². The molecule has 0 bridgehead atoms. The normalized spacial score (nSPS) is 13.7. The maximum atomic E-state index is 13.2. The number of fused-ring (bicyclic) bond motifs is 1. The third kappa shape index (κ3) is 3.17. The number of benzene rings is 2. The van der Waals surface area contributed by atoms with Crippen LogP contribution >= 0.6 is 0 Å². The summed E-state index contributed by atoms with van der Waals surface area (Å²) in [6, 6.07) is 10.3. The van der Waals surface area contributed by atoms with Crippen LogP contribution in [-0.2, 0) is 16.6 Å². The zero-order chi connectivity index (χ0) is 16.6. The summed E-state index contributed by atoms with van der Waals surface area (Å²) in [4.78, 5) is 12.1. The second-order valence-corrected chi connectivity index (χ2v) is 6.65. The van der Waals surface area contributed by atoms with Crippen LogP contribution in [-0.4, -0.2) is 20.9 Å². The number of halogens is 1. The number of nitrogens with one attached hydrogen (secondary N) is 1. The number of nitrogens with two attached hydrogens (primary N) is 1. The Balaban J connectivity index is 1.87. The van der Waals surface area contributed by atoms with Crippen molar-refractivity contribution >= 4 is 27.5 Å². The van der Waals surface area contributed by atoms with Crippen LogP contribution < -0.4 is 14.8 Å². The molecule has 0 saturated carbocycles. The fourth-order valence-corrected chi connectivity index (χ4v) is 3.31. The predicted octanol–water partition coefficient (Wildman–Crippen LogP) is 1.64. The van der Waals surface area contributed by atoms with E-state index in [4.69, 9.17) is 5.14 Å². The molecule has 8 heteroatoms. The molecule has 3 rings (SSSR count). The topological polar surface area (TPSA) is 92.5 Å². The zero-order valence-electron chi connectivity index (χ0n) is 12.0. The average molecular weight is 335 g/mol. The van der Waals surface area contributed by atoms with E-state index in [-0.39, 0.29) is 12.1 Å². The maximum Gasteiger partial charge on any atom is 0.299 e. The molecular weight excluding hydrogens is 321 g/mol. The van der Waals surface area contributed by atoms with Gasteiger partial charge in [0.25, 0.3) is 16.1 Å². The van der Waals surface area contributed by atoms with Gasteiger partial charge in [0.2, 0.25) is 0 Å². The molecule has 0 unspecified atom stereocenters. The van der Waals surface area contributed by atoms with Gasteiger partial charge in [-0.1, -0.05) is 12.1 Å². The summed E-state index contributed by atoms with van der Waals surface area (Å²) in [5, 5.41) is 7.80. The Bertz CT molecular complexity index is 883. The van der Waals surface area contributed by atoms with Gasteiger partial charge >= 0.3 is 0 Å². The first-order valence-corrected chi connectivity index (χ1v) is 8.35. The van der Waals surface area contributed by atoms with Crippen molar-refractivity contribution in [1.29, 1.82) is 0 Å². The van der Waals surface area contributed by atoms with Crippen LogP contribution in [0, 0.1) is 5.82 Å². The lowest BCUT2D eigenvalue weighted by molar-refractivity contribution is 0.102. The minimum atomic E-state index is -3.85. The van der Waals surface area contributed by atoms with Gasteiger partial charge in [-0.05, 0) is 42.3 Å². The van der Waals surface area contributed by atoms with E-state index in [1.807, 2.05) is 0 Å². The summed E-state index contributed by atoms with van der Waals surface area (Å²) in [7, 11) is -3.85. The lowest BCUT2D eigenvalue weighted by Gasteiger charge is -2.16. The zero-order valence-corrected chi connectivity index (χ0v) is 12.8. The van der Waals surface area contributed by atoms with E-state index < -0.39 is 21.9 Å². The maximum absolute atomic E-state index is 13.2. The highest BCUT2D eigenvalue weighted by atomic mass is 32.2. The molecular formula is C15H14FN3O3S. The molecule has 0 fully saturated rings. The van der Waals surface area contributed by atoms with Crippen LogP contribution in [0.2, 0.25) is 0 Å². The van der Waals surface area contributed by atoms with Gasteiger partial charge in [-0.15, -0.1) is 0 Å². The van der Waals surface area contributed by atoms with Crippen molar-refractivity contribution in [2.45, 2.75) is 6.42 Å². The number of nitrogens with zero attached hydrogens (tertiary/aromatic N) is 1. The van der Waals surface area contributed by atoms with Gasteiger partial charge < -0.3 is 5.32 Å². The van der Waals surface area contributed by atoms with Crippen molar-refractivity contribution in [2.24, 2.45) is 5.14 Å². The Kier molecular flexibility index (Phi) is 3.78. The molecule has 120 valence electrons. The van der Waals surface area contributed by atoms with Crippen molar-refractivity contribution in [3.8, 4) is 0 Å². The second kappa shape index (κ2) is 5.64. The molecule has 23 heavy (non-hydrogen) atoms. The Labute approximate surface area is 132 Å². The third-order valence-electron chi connectivity index (χ3n) is 3.59. The fourth-order valence-electron chi connectivity index (χ4n) is 2.52. The van der Waals surface area contributed by atoms with Gasteiger partial charge in [-0.2, -0.15) is 8.42 Å². The van der Waals surface area contributed by atoms with Gasteiger partial charge in [-0.3, -0.25) is 9.10 Å². The Morgan fingerprint density at radius 2 is 2.00 bits per heavy atom. The molecule has 0 aliphatic carbocycles. The standard InChI is InChI=1S/C15H14FN3O3S/c16-12-3-1-2-11(8-12)15(20)18-13-5-4-10-6-7-19(14(10)9-13)23(17,21)22/h1-5,8-9H,6-7H2,(H,18,20)(H2,17,21,22). The number of carbonyl (C=O) groups excluding carboxylic acids is 1. The summed E-state index contributed by atoms with van der Waals surface area (Å²) < 4.78 is 37.4. The summed E-state index contributed by atoms with van der Waals surface area (Å²) in [6.07, 6.45) is 0.559. The first kappa shape index (κ1) is 15.4. The van der Waals surface area contributed by atoms with E-state index in [0.29, 0.717) is 17.8 Å². The molecule has 1 aliphatic heterocycles. The van der Waals surface area contributed by atoms with Gasteiger partial charge in [0, 0.05) is 17.8 Å². The molecule has 3 N–H and O–H groups in total. The van der Waals surface area contributed by atoms with Crippen molar-refractivity contribution in [3.05, 3.63) is 59.4 Å². The average Bonchev–Trinajstić information content (AvgIpc) is 2.90. The van der Waals surface area contributed by atoms with Crippen molar-refractivity contribution in [3.63, 3.8) is 0 Å². The molecule has 0 atom stereocenters. The van der Waals surface area contributed by atoms with Crippen LogP contribution in [0.15, 0.2) is 42.5 Å². The molecule has 2 aromatic rings. The van der Waals surface area contributed by atoms with Crippen LogP contribution in [0.25, 0.3) is 0 Å². The molecule has 6 nitrogen and oxygen atoms in total. The summed E-state index contributed by atoms with van der Waals surface area (Å²) in [5.74, 6) is -0.989. The number of rotatable bonds is 3. The molecule has 0 saturated heterocycles. The molecule has 0 radical (unpaired) electrons. The Hall–Kier alpha value is -2.45. The van der Waals surface area contributed by atoms with Crippen molar-refractivity contribution in [2.75, 3.05) is 16.2 Å². The highest BCUT2D eigenvalue weighted by Crippen LogP contribution is 2.32. The molecule has 2 aromatic carbocycles. The first-order chi connectivity index (χ1) is 10.8. The van der Waals surface area contributed by atoms with Crippen LogP contribution in [0.3, 0.4) is 0 Å². The van der Waals surface area contributed by atoms with Gasteiger partial charge in [0.05, 0.1) is 5.69 Å². The highest BCUT2D eigenvalue weighted by Gasteiger charge is 2.27. The highest BCUT2D eigenvalue weighted by molar-refractivity contribution is 7.90. The molecule has 1 amide bonds. The number of anilines is 2. The van der Waals surface area contributed by atoms with Crippen molar-refractivity contribution in [1.82, 2.24) is 0 Å². The molecule has 0 spiro atoms. The van der Waals surface area contributed by atoms with E-state index in [0.717, 1.165) is 15.9 Å². The van der Waals surface area contributed by atoms with Crippen LogP contribution in [0.1, 0.15) is 15.9 Å². The predicted molar refractivity (Wildman–Crippen MR) is 85.0 cm³/mol. The van der Waals surface area contributed by atoms with E-state index in [1.165, 1.54) is 18.2 Å². The van der Waals surface area contributed by atoms with E-state index in [2.05, 4.69) is 5.32 Å². The SMILES string of the molecule is NS(=O)(=O)N1CCc2ccc(NC(=O)c3cccc(F)c3)cc21. The monoisotopic (exact) mass is 335 g/mol. The minimum Gasteiger partial charge on any atom is -0.322 e. The summed E-state index contributed by atoms with van der Waals surface area (Å²) in [5.41, 5.74) is 1.87.